The Morgan fingerprint density at radius 2 is 1.87 bits per heavy atom. The van der Waals surface area contributed by atoms with Crippen LogP contribution in [0.4, 0.5) is 0 Å². The standard InChI is InChI=1S/C13H28N2/c1-6-7-10-15-11-12(2,3)14-9-8-13(15,4)5/h14H,6-11H2,1-5H3. The molecule has 0 saturated carbocycles. The summed E-state index contributed by atoms with van der Waals surface area (Å²) in [6.45, 7) is 15.2. The minimum absolute atomic E-state index is 0.265. The lowest BCUT2D eigenvalue weighted by molar-refractivity contribution is 0.105. The number of rotatable bonds is 3. The van der Waals surface area contributed by atoms with Crippen molar-refractivity contribution in [2.24, 2.45) is 0 Å². The molecule has 1 fully saturated rings. The summed E-state index contributed by atoms with van der Waals surface area (Å²) in [4.78, 5) is 2.66. The van der Waals surface area contributed by atoms with E-state index >= 15 is 0 Å². The molecule has 1 aliphatic heterocycles. The van der Waals surface area contributed by atoms with Crippen molar-refractivity contribution in [1.29, 1.82) is 0 Å². The van der Waals surface area contributed by atoms with Gasteiger partial charge in [0.15, 0.2) is 0 Å². The Morgan fingerprint density at radius 1 is 1.20 bits per heavy atom. The average molecular weight is 212 g/mol. The molecule has 0 amide bonds. The third-order valence-corrected chi connectivity index (χ3v) is 3.56. The molecular formula is C13H28N2. The molecule has 1 heterocycles. The fourth-order valence-electron chi connectivity index (χ4n) is 2.34. The molecular weight excluding hydrogens is 184 g/mol. The third kappa shape index (κ3) is 3.76. The van der Waals surface area contributed by atoms with Gasteiger partial charge >= 0.3 is 0 Å². The lowest BCUT2D eigenvalue weighted by Gasteiger charge is -2.39. The molecule has 0 aromatic rings. The van der Waals surface area contributed by atoms with Gasteiger partial charge in [-0.2, -0.15) is 0 Å². The predicted octanol–water partition coefficient (Wildman–Crippen LogP) is 2.64. The maximum Gasteiger partial charge on any atom is 0.0252 e. The van der Waals surface area contributed by atoms with Gasteiger partial charge in [-0.1, -0.05) is 13.3 Å². The summed E-state index contributed by atoms with van der Waals surface area (Å²) >= 11 is 0. The van der Waals surface area contributed by atoms with Crippen LogP contribution in [0.1, 0.15) is 53.9 Å². The summed E-state index contributed by atoms with van der Waals surface area (Å²) in [5, 5.41) is 3.64. The molecule has 0 unspecified atom stereocenters. The quantitative estimate of drug-likeness (QED) is 0.773. The van der Waals surface area contributed by atoms with Crippen molar-refractivity contribution in [1.82, 2.24) is 10.2 Å². The highest BCUT2D eigenvalue weighted by atomic mass is 15.2. The normalized spacial score (nSPS) is 26.2. The summed E-state index contributed by atoms with van der Waals surface area (Å²) in [7, 11) is 0. The van der Waals surface area contributed by atoms with Crippen LogP contribution in [0.2, 0.25) is 0 Å². The van der Waals surface area contributed by atoms with Crippen molar-refractivity contribution in [3.8, 4) is 0 Å². The van der Waals surface area contributed by atoms with Crippen molar-refractivity contribution >= 4 is 0 Å². The smallest absolute Gasteiger partial charge is 0.0252 e. The maximum atomic E-state index is 3.64. The second-order valence-corrected chi connectivity index (χ2v) is 6.15. The van der Waals surface area contributed by atoms with Crippen molar-refractivity contribution in [3.63, 3.8) is 0 Å². The number of hydrogen-bond donors (Lipinski definition) is 1. The first-order valence-corrected chi connectivity index (χ1v) is 6.37. The summed E-state index contributed by atoms with van der Waals surface area (Å²) in [6, 6.07) is 0. The first-order valence-electron chi connectivity index (χ1n) is 6.37. The van der Waals surface area contributed by atoms with E-state index < -0.39 is 0 Å². The lowest BCUT2D eigenvalue weighted by atomic mass is 9.97. The van der Waals surface area contributed by atoms with E-state index in [9.17, 15) is 0 Å². The van der Waals surface area contributed by atoms with Crippen molar-refractivity contribution in [3.05, 3.63) is 0 Å². The molecule has 0 aromatic heterocycles. The summed E-state index contributed by atoms with van der Waals surface area (Å²) in [5.41, 5.74) is 0.622. The highest BCUT2D eigenvalue weighted by molar-refractivity contribution is 4.93. The van der Waals surface area contributed by atoms with Gasteiger partial charge in [0, 0.05) is 17.6 Å². The van der Waals surface area contributed by atoms with Gasteiger partial charge in [0.05, 0.1) is 0 Å². The fraction of sp³-hybridized carbons (Fsp3) is 1.00. The number of hydrogen-bond acceptors (Lipinski definition) is 2. The van der Waals surface area contributed by atoms with Crippen LogP contribution in [0, 0.1) is 0 Å². The van der Waals surface area contributed by atoms with Gasteiger partial charge in [0.1, 0.15) is 0 Å². The fourth-order valence-corrected chi connectivity index (χ4v) is 2.34. The number of unbranched alkanes of at least 4 members (excludes halogenated alkanes) is 1. The Hall–Kier alpha value is -0.0800. The zero-order valence-corrected chi connectivity index (χ0v) is 11.2. The van der Waals surface area contributed by atoms with Gasteiger partial charge in [0.2, 0.25) is 0 Å². The Kier molecular flexibility index (Phi) is 4.19. The summed E-state index contributed by atoms with van der Waals surface area (Å²) in [6.07, 6.45) is 3.86. The molecule has 2 nitrogen and oxygen atoms in total. The topological polar surface area (TPSA) is 15.3 Å². The molecule has 1 rings (SSSR count). The van der Waals surface area contributed by atoms with Crippen LogP contribution in [0.3, 0.4) is 0 Å². The molecule has 0 radical (unpaired) electrons. The predicted molar refractivity (Wildman–Crippen MR) is 67.3 cm³/mol. The average Bonchev–Trinajstić information content (AvgIpc) is 2.19. The van der Waals surface area contributed by atoms with E-state index in [-0.39, 0.29) is 5.54 Å². The maximum absolute atomic E-state index is 3.64. The van der Waals surface area contributed by atoms with Gasteiger partial charge in [-0.25, -0.2) is 0 Å². The van der Waals surface area contributed by atoms with E-state index in [1.807, 2.05) is 0 Å². The van der Waals surface area contributed by atoms with Gasteiger partial charge < -0.3 is 5.32 Å². The van der Waals surface area contributed by atoms with Crippen LogP contribution in [0.5, 0.6) is 0 Å². The van der Waals surface area contributed by atoms with E-state index in [0.717, 1.165) is 6.54 Å². The van der Waals surface area contributed by atoms with Crippen molar-refractivity contribution in [2.45, 2.75) is 65.0 Å². The van der Waals surface area contributed by atoms with Gasteiger partial charge in [0.25, 0.3) is 0 Å². The SMILES string of the molecule is CCCCN1CC(C)(C)NCCC1(C)C. The van der Waals surface area contributed by atoms with Crippen LogP contribution >= 0.6 is 0 Å². The van der Waals surface area contributed by atoms with Gasteiger partial charge in [-0.05, 0) is 53.6 Å². The monoisotopic (exact) mass is 212 g/mol. The second kappa shape index (κ2) is 4.84. The van der Waals surface area contributed by atoms with Crippen LogP contribution in [-0.4, -0.2) is 35.6 Å². The molecule has 1 N–H and O–H groups in total. The molecule has 90 valence electrons. The Labute approximate surface area is 95.4 Å². The highest BCUT2D eigenvalue weighted by Gasteiger charge is 2.34. The molecule has 0 spiro atoms. The third-order valence-electron chi connectivity index (χ3n) is 3.56. The molecule has 15 heavy (non-hydrogen) atoms. The Balaban J connectivity index is 2.67. The Bertz CT molecular complexity index is 197. The lowest BCUT2D eigenvalue weighted by Crippen LogP contribution is -2.50. The minimum atomic E-state index is 0.265. The van der Waals surface area contributed by atoms with E-state index in [0.29, 0.717) is 5.54 Å². The molecule has 1 saturated heterocycles. The molecule has 0 aliphatic carbocycles. The van der Waals surface area contributed by atoms with E-state index in [2.05, 4.69) is 44.8 Å². The summed E-state index contributed by atoms with van der Waals surface area (Å²) < 4.78 is 0. The first-order chi connectivity index (χ1) is 6.87. The van der Waals surface area contributed by atoms with Gasteiger partial charge in [-0.3, -0.25) is 4.90 Å². The van der Waals surface area contributed by atoms with E-state index in [1.54, 1.807) is 0 Å². The van der Waals surface area contributed by atoms with Crippen molar-refractivity contribution in [2.75, 3.05) is 19.6 Å². The number of nitrogens with zero attached hydrogens (tertiary/aromatic N) is 1. The zero-order valence-electron chi connectivity index (χ0n) is 11.2. The largest absolute Gasteiger partial charge is 0.310 e. The molecule has 0 aromatic carbocycles. The van der Waals surface area contributed by atoms with Crippen LogP contribution in [0.25, 0.3) is 0 Å². The minimum Gasteiger partial charge on any atom is -0.310 e. The van der Waals surface area contributed by atoms with Crippen molar-refractivity contribution < 1.29 is 0 Å². The van der Waals surface area contributed by atoms with Crippen LogP contribution in [0.15, 0.2) is 0 Å². The van der Waals surface area contributed by atoms with Crippen LogP contribution < -0.4 is 5.32 Å². The summed E-state index contributed by atoms with van der Waals surface area (Å²) in [5.74, 6) is 0. The zero-order chi connectivity index (χ0) is 11.5. The van der Waals surface area contributed by atoms with Crippen LogP contribution in [-0.2, 0) is 0 Å². The number of nitrogens with one attached hydrogen (secondary N) is 1. The van der Waals surface area contributed by atoms with E-state index in [4.69, 9.17) is 0 Å². The molecule has 0 bridgehead atoms. The Morgan fingerprint density at radius 3 is 2.47 bits per heavy atom. The van der Waals surface area contributed by atoms with Gasteiger partial charge in [-0.15, -0.1) is 0 Å². The van der Waals surface area contributed by atoms with E-state index in [1.165, 1.54) is 32.4 Å². The molecule has 0 atom stereocenters. The molecule has 2 heteroatoms. The molecule has 1 aliphatic rings. The first kappa shape index (κ1) is 13.0. The second-order valence-electron chi connectivity index (χ2n) is 6.15. The highest BCUT2D eigenvalue weighted by Crippen LogP contribution is 2.24.